The van der Waals surface area contributed by atoms with Crippen LogP contribution in [0.15, 0.2) is 155 Å². The molecule has 6 aromatic rings. The van der Waals surface area contributed by atoms with Crippen LogP contribution in [0.4, 0.5) is 0 Å². The molecule has 0 aliphatic heterocycles. The molecule has 1 atom stereocenters. The molecule has 3 aromatic carbocycles. The van der Waals surface area contributed by atoms with Crippen molar-refractivity contribution in [1.29, 1.82) is 0 Å². The van der Waals surface area contributed by atoms with E-state index in [1.54, 1.807) is 0 Å². The maximum Gasteiger partial charge on any atom is 0.0971 e. The van der Waals surface area contributed by atoms with E-state index < -0.39 is 0 Å². The SMILES string of the molecule is C1=CC2=C3C(=CC=C4C(n5c6ccc(-c7ccccc7)nc6c6ccc7sc8ccccc8c7c65)=CC=C(C=C2)C43)C1. The summed E-state index contributed by atoms with van der Waals surface area (Å²) >= 11 is 1.88. The average molecular weight is 553 g/mol. The molecule has 0 radical (unpaired) electrons. The monoisotopic (exact) mass is 552 g/mol. The van der Waals surface area contributed by atoms with Gasteiger partial charge in [-0.1, -0.05) is 91.1 Å². The number of hydrogen-bond acceptors (Lipinski definition) is 2. The van der Waals surface area contributed by atoms with Crippen LogP contribution < -0.4 is 0 Å². The summed E-state index contributed by atoms with van der Waals surface area (Å²) in [4.78, 5) is 5.35. The van der Waals surface area contributed by atoms with Crippen LogP contribution in [0.2, 0.25) is 0 Å². The van der Waals surface area contributed by atoms with Crippen molar-refractivity contribution in [2.75, 3.05) is 0 Å². The van der Waals surface area contributed by atoms with Crippen LogP contribution in [0.25, 0.3) is 59.1 Å². The van der Waals surface area contributed by atoms with Gasteiger partial charge in [0.25, 0.3) is 0 Å². The number of rotatable bonds is 2. The zero-order valence-electron chi connectivity index (χ0n) is 22.7. The first kappa shape index (κ1) is 22.7. The van der Waals surface area contributed by atoms with Gasteiger partial charge in [0.15, 0.2) is 0 Å². The summed E-state index contributed by atoms with van der Waals surface area (Å²) in [5, 5.41) is 3.83. The largest absolute Gasteiger partial charge is 0.307 e. The molecule has 196 valence electrons. The smallest absolute Gasteiger partial charge is 0.0971 e. The predicted octanol–water partition coefficient (Wildman–Crippen LogP) is 10.3. The summed E-state index contributed by atoms with van der Waals surface area (Å²) in [6.45, 7) is 0. The van der Waals surface area contributed by atoms with E-state index in [9.17, 15) is 0 Å². The first-order chi connectivity index (χ1) is 20.8. The molecule has 4 aliphatic rings. The molecular formula is C39H24N2S. The maximum atomic E-state index is 5.35. The Kier molecular flexibility index (Phi) is 4.47. The molecule has 3 aromatic heterocycles. The quantitative estimate of drug-likeness (QED) is 0.209. The highest BCUT2D eigenvalue weighted by atomic mass is 32.1. The summed E-state index contributed by atoms with van der Waals surface area (Å²) in [7, 11) is 0. The number of fused-ring (bicyclic) bond motifs is 7. The van der Waals surface area contributed by atoms with Crippen molar-refractivity contribution in [1.82, 2.24) is 9.55 Å². The maximum absolute atomic E-state index is 5.35. The van der Waals surface area contributed by atoms with Crippen molar-refractivity contribution in [3.63, 3.8) is 0 Å². The van der Waals surface area contributed by atoms with E-state index in [1.807, 2.05) is 11.3 Å². The Bertz CT molecular complexity index is 2410. The van der Waals surface area contributed by atoms with Gasteiger partial charge in [-0.05, 0) is 70.7 Å². The van der Waals surface area contributed by atoms with Gasteiger partial charge < -0.3 is 4.57 Å². The second-order valence-corrected chi connectivity index (χ2v) is 12.6. The molecule has 10 rings (SSSR count). The lowest BCUT2D eigenvalue weighted by Gasteiger charge is -2.37. The number of nitrogens with zero attached hydrogens (tertiary/aromatic N) is 2. The van der Waals surface area contributed by atoms with Crippen LogP contribution in [-0.4, -0.2) is 9.55 Å². The molecule has 0 amide bonds. The van der Waals surface area contributed by atoms with Crippen LogP contribution in [-0.2, 0) is 0 Å². The minimum atomic E-state index is 0.262. The van der Waals surface area contributed by atoms with Crippen molar-refractivity contribution in [2.45, 2.75) is 6.42 Å². The van der Waals surface area contributed by atoms with Gasteiger partial charge in [-0.3, -0.25) is 0 Å². The number of thiophene rings is 1. The average Bonchev–Trinajstić information content (AvgIpc) is 3.59. The highest BCUT2D eigenvalue weighted by molar-refractivity contribution is 7.26. The molecule has 0 saturated carbocycles. The predicted molar refractivity (Wildman–Crippen MR) is 177 cm³/mol. The van der Waals surface area contributed by atoms with Crippen LogP contribution in [0.5, 0.6) is 0 Å². The Hall–Kier alpha value is -4.99. The molecule has 0 fully saturated rings. The number of benzene rings is 3. The fourth-order valence-corrected chi connectivity index (χ4v) is 8.58. The van der Waals surface area contributed by atoms with Crippen molar-refractivity contribution in [3.8, 4) is 11.3 Å². The van der Waals surface area contributed by atoms with E-state index >= 15 is 0 Å². The summed E-state index contributed by atoms with van der Waals surface area (Å²) < 4.78 is 5.15. The van der Waals surface area contributed by atoms with Crippen LogP contribution >= 0.6 is 11.3 Å². The third-order valence-electron chi connectivity index (χ3n) is 9.29. The molecule has 42 heavy (non-hydrogen) atoms. The fraction of sp³-hybridized carbons (Fsp3) is 0.0513. The van der Waals surface area contributed by atoms with E-state index in [0.717, 1.165) is 28.7 Å². The Labute approximate surface area is 246 Å². The molecule has 0 bridgehead atoms. The second kappa shape index (κ2) is 8.28. The molecule has 4 aliphatic carbocycles. The lowest BCUT2D eigenvalue weighted by Crippen LogP contribution is -2.23. The van der Waals surface area contributed by atoms with E-state index in [0.29, 0.717) is 0 Å². The van der Waals surface area contributed by atoms with E-state index in [2.05, 4.69) is 132 Å². The summed E-state index contributed by atoms with van der Waals surface area (Å²) in [5.41, 5.74) is 13.8. The van der Waals surface area contributed by atoms with Gasteiger partial charge in [0, 0.05) is 37.0 Å². The molecule has 0 spiro atoms. The Morgan fingerprint density at radius 1 is 0.738 bits per heavy atom. The van der Waals surface area contributed by atoms with Gasteiger partial charge in [-0.2, -0.15) is 0 Å². The van der Waals surface area contributed by atoms with Crippen LogP contribution in [0.3, 0.4) is 0 Å². The van der Waals surface area contributed by atoms with Gasteiger partial charge >= 0.3 is 0 Å². The zero-order chi connectivity index (χ0) is 27.4. The third kappa shape index (κ3) is 2.96. The third-order valence-corrected chi connectivity index (χ3v) is 10.4. The van der Waals surface area contributed by atoms with Crippen LogP contribution in [0.1, 0.15) is 6.42 Å². The normalized spacial score (nSPS) is 18.9. The van der Waals surface area contributed by atoms with Gasteiger partial charge in [0.2, 0.25) is 0 Å². The van der Waals surface area contributed by atoms with Gasteiger partial charge in [-0.25, -0.2) is 4.98 Å². The summed E-state index contributed by atoms with van der Waals surface area (Å²) in [5.74, 6) is 0.262. The number of pyridine rings is 1. The number of aromatic nitrogens is 2. The molecular weight excluding hydrogens is 529 g/mol. The zero-order valence-corrected chi connectivity index (χ0v) is 23.5. The standard InChI is InChI=1S/C39H24N2S/c1-2-7-23(8-3-1)30-19-21-32-38(40-30)29-18-22-34-37(28-11-4-5-12-33(28)42-34)39(29)41(32)31-20-16-26-14-13-24-9-6-10-25-15-17-27(31)36(26)35(24)25/h1-9,11-22,36H,10H2. The lowest BCUT2D eigenvalue weighted by atomic mass is 9.68. The summed E-state index contributed by atoms with van der Waals surface area (Å²) in [6.07, 6.45) is 19.6. The Balaban J connectivity index is 1.34. The molecule has 0 N–H and O–H groups in total. The van der Waals surface area contributed by atoms with Gasteiger partial charge in [-0.15, -0.1) is 11.3 Å². The number of hydrogen-bond donors (Lipinski definition) is 0. The summed E-state index contributed by atoms with van der Waals surface area (Å²) in [6, 6.07) is 28.4. The van der Waals surface area contributed by atoms with E-state index in [4.69, 9.17) is 4.98 Å². The second-order valence-electron chi connectivity index (χ2n) is 11.5. The van der Waals surface area contributed by atoms with E-state index in [1.165, 1.54) is 64.6 Å². The fourth-order valence-electron chi connectivity index (χ4n) is 7.48. The molecule has 3 heterocycles. The highest BCUT2D eigenvalue weighted by Crippen LogP contribution is 2.51. The highest BCUT2D eigenvalue weighted by Gasteiger charge is 2.36. The Morgan fingerprint density at radius 2 is 1.64 bits per heavy atom. The van der Waals surface area contributed by atoms with Crippen LogP contribution in [0, 0.1) is 5.92 Å². The minimum absolute atomic E-state index is 0.262. The lowest BCUT2D eigenvalue weighted by molar-refractivity contribution is 0.826. The first-order valence-corrected chi connectivity index (χ1v) is 15.4. The van der Waals surface area contributed by atoms with Gasteiger partial charge in [0.1, 0.15) is 0 Å². The minimum Gasteiger partial charge on any atom is -0.307 e. The molecule has 3 heteroatoms. The van der Waals surface area contributed by atoms with E-state index in [-0.39, 0.29) is 5.92 Å². The number of allylic oxidation sites excluding steroid dienone is 14. The van der Waals surface area contributed by atoms with Crippen molar-refractivity contribution >= 4 is 59.1 Å². The molecule has 2 nitrogen and oxygen atoms in total. The molecule has 0 saturated heterocycles. The topological polar surface area (TPSA) is 17.8 Å². The first-order valence-electron chi connectivity index (χ1n) is 14.6. The Morgan fingerprint density at radius 3 is 2.60 bits per heavy atom. The van der Waals surface area contributed by atoms with Gasteiger partial charge in [0.05, 0.1) is 27.9 Å². The van der Waals surface area contributed by atoms with Crippen molar-refractivity contribution in [3.05, 3.63) is 155 Å². The van der Waals surface area contributed by atoms with Crippen molar-refractivity contribution in [2.24, 2.45) is 5.92 Å². The van der Waals surface area contributed by atoms with Crippen molar-refractivity contribution < 1.29 is 0 Å². The molecule has 1 unspecified atom stereocenters.